The number of ether oxygens (including phenoxy) is 2. The zero-order valence-electron chi connectivity index (χ0n) is 15.3. The monoisotopic (exact) mass is 396 g/mol. The molecule has 0 aliphatic heterocycles. The summed E-state index contributed by atoms with van der Waals surface area (Å²) in [5.74, 6) is 2.07. The Morgan fingerprint density at radius 3 is 2.68 bits per heavy atom. The van der Waals surface area contributed by atoms with Gasteiger partial charge in [0.1, 0.15) is 17.3 Å². The van der Waals surface area contributed by atoms with Crippen LogP contribution >= 0.6 is 11.8 Å². The quantitative estimate of drug-likeness (QED) is 0.468. The number of halogens is 1. The topological polar surface area (TPSA) is 72.9 Å². The Hall–Kier alpha value is -3.13. The molecule has 0 fully saturated rings. The highest BCUT2D eigenvalue weighted by atomic mass is 32.2. The van der Waals surface area contributed by atoms with E-state index in [4.69, 9.17) is 9.47 Å². The summed E-state index contributed by atoms with van der Waals surface area (Å²) in [5.41, 5.74) is 3.32. The molecule has 4 rings (SSSR count). The normalized spacial score (nSPS) is 11.0. The van der Waals surface area contributed by atoms with Gasteiger partial charge >= 0.3 is 0 Å². The fraction of sp³-hybridized carbons (Fsp3) is 0.150. The lowest BCUT2D eigenvalue weighted by molar-refractivity contribution is 0.410. The Bertz CT molecular complexity index is 1120. The van der Waals surface area contributed by atoms with Gasteiger partial charge in [-0.2, -0.15) is 4.98 Å². The van der Waals surface area contributed by atoms with Gasteiger partial charge in [-0.25, -0.2) is 9.37 Å². The molecule has 4 aromatic rings. The number of nitrogens with one attached hydrogen (secondary N) is 1. The average Bonchev–Trinajstić information content (AvgIpc) is 3.11. The molecule has 0 atom stereocenters. The predicted octanol–water partition coefficient (Wildman–Crippen LogP) is 4.89. The number of nitrogens with zero attached hydrogens (tertiary/aromatic N) is 3. The number of rotatable bonds is 6. The standard InChI is InChI=1S/C20H17FN4O2S/c1-12-16(22-10-9-17(12)26-2)11-28-20-23-15-7-8-18(24-19(15)25-20)27-14-5-3-13(21)4-6-14/h3-10H,11H2,1-2H3,(H,23,24,25). The number of aromatic amines is 1. The van der Waals surface area contributed by atoms with Gasteiger partial charge in [-0.1, -0.05) is 11.8 Å². The Kier molecular flexibility index (Phi) is 5.12. The van der Waals surface area contributed by atoms with E-state index in [-0.39, 0.29) is 5.82 Å². The predicted molar refractivity (Wildman–Crippen MR) is 105 cm³/mol. The molecule has 0 saturated heterocycles. The molecule has 6 nitrogen and oxygen atoms in total. The first-order valence-electron chi connectivity index (χ1n) is 8.54. The summed E-state index contributed by atoms with van der Waals surface area (Å²) in [6, 6.07) is 11.2. The van der Waals surface area contributed by atoms with Gasteiger partial charge in [0, 0.05) is 23.6 Å². The van der Waals surface area contributed by atoms with Crippen LogP contribution in [-0.4, -0.2) is 27.0 Å². The molecule has 0 spiro atoms. The number of fused-ring (bicyclic) bond motifs is 1. The minimum atomic E-state index is -0.314. The highest BCUT2D eigenvalue weighted by Gasteiger charge is 2.10. The van der Waals surface area contributed by atoms with Gasteiger partial charge in [0.15, 0.2) is 10.8 Å². The number of hydrogen-bond acceptors (Lipinski definition) is 6. The molecule has 0 bridgehead atoms. The van der Waals surface area contributed by atoms with Crippen LogP contribution in [0.5, 0.6) is 17.4 Å². The van der Waals surface area contributed by atoms with Gasteiger partial charge in [0.2, 0.25) is 5.88 Å². The molecule has 0 amide bonds. The summed E-state index contributed by atoms with van der Waals surface area (Å²) >= 11 is 1.54. The maximum atomic E-state index is 13.0. The number of aromatic nitrogens is 4. The van der Waals surface area contributed by atoms with E-state index in [1.165, 1.54) is 23.9 Å². The number of hydrogen-bond donors (Lipinski definition) is 1. The van der Waals surface area contributed by atoms with E-state index in [9.17, 15) is 4.39 Å². The Morgan fingerprint density at radius 2 is 1.89 bits per heavy atom. The summed E-state index contributed by atoms with van der Waals surface area (Å²) in [5, 5.41) is 0.741. The van der Waals surface area contributed by atoms with E-state index in [1.54, 1.807) is 31.5 Å². The van der Waals surface area contributed by atoms with Crippen molar-refractivity contribution in [2.75, 3.05) is 7.11 Å². The maximum absolute atomic E-state index is 13.0. The van der Waals surface area contributed by atoms with E-state index in [0.717, 1.165) is 27.7 Å². The van der Waals surface area contributed by atoms with Crippen molar-refractivity contribution in [1.29, 1.82) is 0 Å². The second-order valence-electron chi connectivity index (χ2n) is 5.99. The van der Waals surface area contributed by atoms with Crippen LogP contribution < -0.4 is 9.47 Å². The van der Waals surface area contributed by atoms with Crippen LogP contribution in [0, 0.1) is 12.7 Å². The lowest BCUT2D eigenvalue weighted by Crippen LogP contribution is -1.95. The van der Waals surface area contributed by atoms with Crippen molar-refractivity contribution in [2.24, 2.45) is 0 Å². The van der Waals surface area contributed by atoms with Crippen LogP contribution in [0.15, 0.2) is 53.8 Å². The largest absolute Gasteiger partial charge is 0.496 e. The molecule has 142 valence electrons. The molecular weight excluding hydrogens is 379 g/mol. The van der Waals surface area contributed by atoms with E-state index in [2.05, 4.69) is 19.9 Å². The number of methoxy groups -OCH3 is 1. The van der Waals surface area contributed by atoms with Gasteiger partial charge < -0.3 is 14.5 Å². The zero-order valence-corrected chi connectivity index (χ0v) is 16.1. The molecule has 0 aliphatic rings. The van der Waals surface area contributed by atoms with Crippen LogP contribution in [0.4, 0.5) is 4.39 Å². The molecule has 1 aromatic carbocycles. The first kappa shape index (κ1) is 18.2. The fourth-order valence-corrected chi connectivity index (χ4v) is 3.56. The Morgan fingerprint density at radius 1 is 1.07 bits per heavy atom. The van der Waals surface area contributed by atoms with E-state index >= 15 is 0 Å². The number of benzene rings is 1. The third-order valence-electron chi connectivity index (χ3n) is 4.16. The highest BCUT2D eigenvalue weighted by Crippen LogP contribution is 2.27. The summed E-state index contributed by atoms with van der Waals surface area (Å²) in [6.45, 7) is 1.99. The highest BCUT2D eigenvalue weighted by molar-refractivity contribution is 7.98. The van der Waals surface area contributed by atoms with Crippen molar-refractivity contribution in [3.05, 3.63) is 65.7 Å². The Balaban J connectivity index is 1.49. The second kappa shape index (κ2) is 7.85. The van der Waals surface area contributed by atoms with Gasteiger partial charge in [0.25, 0.3) is 0 Å². The van der Waals surface area contributed by atoms with E-state index in [0.29, 0.717) is 23.0 Å². The van der Waals surface area contributed by atoms with Crippen LogP contribution in [0.1, 0.15) is 11.3 Å². The summed E-state index contributed by atoms with van der Waals surface area (Å²) in [6.07, 6.45) is 1.74. The molecule has 28 heavy (non-hydrogen) atoms. The smallest absolute Gasteiger partial charge is 0.221 e. The fourth-order valence-electron chi connectivity index (χ4n) is 2.66. The van der Waals surface area contributed by atoms with Crippen LogP contribution in [0.3, 0.4) is 0 Å². The van der Waals surface area contributed by atoms with Gasteiger partial charge in [-0.05, 0) is 43.3 Å². The zero-order chi connectivity index (χ0) is 19.5. The number of thioether (sulfide) groups is 1. The minimum absolute atomic E-state index is 0.314. The average molecular weight is 396 g/mol. The van der Waals surface area contributed by atoms with E-state index in [1.807, 2.05) is 19.1 Å². The maximum Gasteiger partial charge on any atom is 0.221 e. The second-order valence-corrected chi connectivity index (χ2v) is 6.96. The lowest BCUT2D eigenvalue weighted by Gasteiger charge is -2.08. The molecule has 8 heteroatoms. The van der Waals surface area contributed by atoms with Gasteiger partial charge in [-0.3, -0.25) is 4.98 Å². The minimum Gasteiger partial charge on any atom is -0.496 e. The Labute approximate surface area is 165 Å². The van der Waals surface area contributed by atoms with Crippen LogP contribution in [-0.2, 0) is 5.75 Å². The third-order valence-corrected chi connectivity index (χ3v) is 5.04. The molecular formula is C20H17FN4O2S. The lowest BCUT2D eigenvalue weighted by atomic mass is 10.2. The van der Waals surface area contributed by atoms with Crippen molar-refractivity contribution >= 4 is 22.9 Å². The van der Waals surface area contributed by atoms with Crippen molar-refractivity contribution in [3.8, 4) is 17.4 Å². The molecule has 0 unspecified atom stereocenters. The first-order chi connectivity index (χ1) is 13.6. The third kappa shape index (κ3) is 3.91. The van der Waals surface area contributed by atoms with Crippen molar-refractivity contribution in [2.45, 2.75) is 17.8 Å². The summed E-state index contributed by atoms with van der Waals surface area (Å²) < 4.78 is 24.0. The molecule has 0 aliphatic carbocycles. The summed E-state index contributed by atoms with van der Waals surface area (Å²) in [7, 11) is 1.65. The van der Waals surface area contributed by atoms with Crippen molar-refractivity contribution in [1.82, 2.24) is 19.9 Å². The number of H-pyrrole nitrogens is 1. The van der Waals surface area contributed by atoms with Crippen LogP contribution in [0.25, 0.3) is 11.2 Å². The van der Waals surface area contributed by atoms with Gasteiger partial charge in [-0.15, -0.1) is 0 Å². The SMILES string of the molecule is COc1ccnc(CSc2nc3nc(Oc4ccc(F)cc4)ccc3[nH]2)c1C. The number of imidazole rings is 1. The molecule has 0 radical (unpaired) electrons. The molecule has 3 heterocycles. The first-order valence-corrected chi connectivity index (χ1v) is 9.52. The summed E-state index contributed by atoms with van der Waals surface area (Å²) in [4.78, 5) is 16.6. The van der Waals surface area contributed by atoms with E-state index < -0.39 is 0 Å². The number of pyridine rings is 2. The van der Waals surface area contributed by atoms with Crippen molar-refractivity contribution in [3.63, 3.8) is 0 Å². The van der Waals surface area contributed by atoms with Gasteiger partial charge in [0.05, 0.1) is 18.3 Å². The molecule has 3 aromatic heterocycles. The molecule has 1 N–H and O–H groups in total. The van der Waals surface area contributed by atoms with Crippen molar-refractivity contribution < 1.29 is 13.9 Å². The van der Waals surface area contributed by atoms with Crippen LogP contribution in [0.2, 0.25) is 0 Å². The molecule has 0 saturated carbocycles.